The Hall–Kier alpha value is -1.42. The van der Waals surface area contributed by atoms with E-state index < -0.39 is 20.6 Å². The molecule has 1 aliphatic rings. The van der Waals surface area contributed by atoms with Crippen molar-refractivity contribution < 1.29 is 18.1 Å². The van der Waals surface area contributed by atoms with Crippen LogP contribution in [0.25, 0.3) is 0 Å². The zero-order valence-electron chi connectivity index (χ0n) is 13.6. The molecule has 1 heterocycles. The maximum atomic E-state index is 12.5. The minimum absolute atomic E-state index is 0. The molecular weight excluding hydrogens is 358 g/mol. The van der Waals surface area contributed by atoms with Crippen molar-refractivity contribution in [1.82, 2.24) is 10.0 Å². The van der Waals surface area contributed by atoms with Crippen molar-refractivity contribution in [1.29, 1.82) is 0 Å². The fraction of sp³-hybridized carbons (Fsp3) is 0.571. The number of piperidine rings is 1. The average Bonchev–Trinajstić information content (AvgIpc) is 2.53. The molecule has 1 atom stereocenters. The molecule has 0 aromatic heterocycles. The summed E-state index contributed by atoms with van der Waals surface area (Å²) in [6, 6.07) is 3.70. The number of ether oxygens (including phenoxy) is 1. The van der Waals surface area contributed by atoms with Crippen LogP contribution in [-0.4, -0.2) is 40.1 Å². The van der Waals surface area contributed by atoms with Crippen LogP contribution in [0.15, 0.2) is 23.1 Å². The topological polar surface area (TPSA) is 111 Å². The van der Waals surface area contributed by atoms with Gasteiger partial charge >= 0.3 is 0 Å². The van der Waals surface area contributed by atoms with E-state index in [2.05, 4.69) is 10.0 Å². The lowest BCUT2D eigenvalue weighted by Crippen LogP contribution is -2.45. The molecule has 1 saturated heterocycles. The summed E-state index contributed by atoms with van der Waals surface area (Å²) >= 11 is 0. The van der Waals surface area contributed by atoms with Gasteiger partial charge in [0.25, 0.3) is 5.69 Å². The van der Waals surface area contributed by atoms with E-state index in [1.54, 1.807) is 0 Å². The molecule has 0 saturated carbocycles. The van der Waals surface area contributed by atoms with Crippen molar-refractivity contribution >= 4 is 28.1 Å². The van der Waals surface area contributed by atoms with Gasteiger partial charge in [0.15, 0.2) is 4.90 Å². The molecule has 24 heavy (non-hydrogen) atoms. The first-order valence-corrected chi connectivity index (χ1v) is 8.79. The van der Waals surface area contributed by atoms with E-state index in [0.717, 1.165) is 25.5 Å². The Balaban J connectivity index is 0.00000288. The number of hydrogen-bond acceptors (Lipinski definition) is 6. The summed E-state index contributed by atoms with van der Waals surface area (Å²) < 4.78 is 32.4. The van der Waals surface area contributed by atoms with E-state index in [1.807, 2.05) is 6.92 Å². The summed E-state index contributed by atoms with van der Waals surface area (Å²) in [6.07, 6.45) is 1.87. The van der Waals surface area contributed by atoms with Crippen LogP contribution < -0.4 is 14.8 Å². The standard InChI is InChI=1S/C14H21N3O5S.ClH/c1-14(6-3-7-15-9-14)10-16-23(20,21)13-5-4-11(22-2)8-12(13)17(18)19;/h4-5,8,15-16H,3,6-7,9-10H2,1-2H3;1H. The number of nitrogens with one attached hydrogen (secondary N) is 2. The minimum Gasteiger partial charge on any atom is -0.497 e. The number of nitrogens with zero attached hydrogens (tertiary/aromatic N) is 1. The number of rotatable bonds is 6. The highest BCUT2D eigenvalue weighted by Crippen LogP contribution is 2.29. The van der Waals surface area contributed by atoms with Gasteiger partial charge in [0, 0.05) is 13.1 Å². The molecule has 0 aliphatic carbocycles. The molecule has 2 rings (SSSR count). The van der Waals surface area contributed by atoms with Gasteiger partial charge in [-0.05, 0) is 36.9 Å². The highest BCUT2D eigenvalue weighted by Gasteiger charge is 2.31. The lowest BCUT2D eigenvalue weighted by molar-refractivity contribution is -0.387. The van der Waals surface area contributed by atoms with Gasteiger partial charge in [-0.1, -0.05) is 6.92 Å². The molecule has 1 aliphatic heterocycles. The number of hydrogen-bond donors (Lipinski definition) is 2. The molecular formula is C14H22ClN3O5S. The molecule has 136 valence electrons. The van der Waals surface area contributed by atoms with E-state index >= 15 is 0 Å². The number of methoxy groups -OCH3 is 1. The third-order valence-electron chi connectivity index (χ3n) is 4.03. The first-order valence-electron chi connectivity index (χ1n) is 7.30. The van der Waals surface area contributed by atoms with Crippen LogP contribution in [0, 0.1) is 15.5 Å². The zero-order chi connectivity index (χ0) is 17.1. The van der Waals surface area contributed by atoms with Crippen LogP contribution in [-0.2, 0) is 10.0 Å². The SMILES string of the molecule is COc1ccc(S(=O)(=O)NCC2(C)CCCNC2)c([N+](=O)[O-])c1.Cl. The highest BCUT2D eigenvalue weighted by atomic mass is 35.5. The first kappa shape index (κ1) is 20.6. The second-order valence-electron chi connectivity index (χ2n) is 6.01. The molecule has 1 aromatic carbocycles. The summed E-state index contributed by atoms with van der Waals surface area (Å²) in [5, 5.41) is 14.4. The smallest absolute Gasteiger partial charge is 0.293 e. The van der Waals surface area contributed by atoms with Gasteiger partial charge in [0.05, 0.1) is 18.1 Å². The number of sulfonamides is 1. The molecule has 10 heteroatoms. The first-order chi connectivity index (χ1) is 10.8. The van der Waals surface area contributed by atoms with Crippen LogP contribution >= 0.6 is 12.4 Å². The Kier molecular flexibility index (Phi) is 6.97. The maximum absolute atomic E-state index is 12.5. The molecule has 1 aromatic rings. The Labute approximate surface area is 147 Å². The third-order valence-corrected chi connectivity index (χ3v) is 5.48. The number of benzene rings is 1. The molecule has 0 amide bonds. The number of nitro groups is 1. The van der Waals surface area contributed by atoms with Gasteiger partial charge in [0.2, 0.25) is 10.0 Å². The lowest BCUT2D eigenvalue weighted by Gasteiger charge is -2.34. The van der Waals surface area contributed by atoms with E-state index in [0.29, 0.717) is 6.54 Å². The minimum atomic E-state index is -3.97. The fourth-order valence-electron chi connectivity index (χ4n) is 2.61. The van der Waals surface area contributed by atoms with Crippen LogP contribution in [0.5, 0.6) is 5.75 Å². The quantitative estimate of drug-likeness (QED) is 0.574. The van der Waals surface area contributed by atoms with Gasteiger partial charge in [-0.15, -0.1) is 12.4 Å². The third kappa shape index (κ3) is 4.79. The second-order valence-corrected chi connectivity index (χ2v) is 7.74. The molecule has 0 radical (unpaired) electrons. The largest absolute Gasteiger partial charge is 0.497 e. The fourth-order valence-corrected chi connectivity index (χ4v) is 3.96. The molecule has 1 fully saturated rings. The number of halogens is 1. The van der Waals surface area contributed by atoms with E-state index in [-0.39, 0.29) is 35.0 Å². The van der Waals surface area contributed by atoms with Crippen LogP contribution in [0.4, 0.5) is 5.69 Å². The van der Waals surface area contributed by atoms with Gasteiger partial charge in [-0.25, -0.2) is 13.1 Å². The predicted molar refractivity (Wildman–Crippen MR) is 92.3 cm³/mol. The lowest BCUT2D eigenvalue weighted by atomic mass is 9.83. The molecule has 0 bridgehead atoms. The molecule has 8 nitrogen and oxygen atoms in total. The monoisotopic (exact) mass is 379 g/mol. The zero-order valence-corrected chi connectivity index (χ0v) is 15.2. The average molecular weight is 380 g/mol. The predicted octanol–water partition coefficient (Wildman–Crippen LogP) is 1.69. The number of nitro benzene ring substituents is 1. The summed E-state index contributed by atoms with van der Waals surface area (Å²) in [5.41, 5.74) is -0.698. The van der Waals surface area contributed by atoms with Crippen molar-refractivity contribution in [2.75, 3.05) is 26.7 Å². The normalized spacial score (nSPS) is 20.9. The molecule has 2 N–H and O–H groups in total. The van der Waals surface area contributed by atoms with Crippen molar-refractivity contribution in [3.63, 3.8) is 0 Å². The van der Waals surface area contributed by atoms with Gasteiger partial charge in [-0.3, -0.25) is 10.1 Å². The van der Waals surface area contributed by atoms with Crippen molar-refractivity contribution in [3.05, 3.63) is 28.3 Å². The van der Waals surface area contributed by atoms with E-state index in [4.69, 9.17) is 4.74 Å². The van der Waals surface area contributed by atoms with Crippen LogP contribution in [0.3, 0.4) is 0 Å². The second kappa shape index (κ2) is 8.11. The summed E-state index contributed by atoms with van der Waals surface area (Å²) in [7, 11) is -2.61. The summed E-state index contributed by atoms with van der Waals surface area (Å²) in [4.78, 5) is 10.1. The maximum Gasteiger partial charge on any atom is 0.293 e. The van der Waals surface area contributed by atoms with Gasteiger partial charge < -0.3 is 10.1 Å². The molecule has 1 unspecified atom stereocenters. The van der Waals surface area contributed by atoms with Gasteiger partial charge in [-0.2, -0.15) is 0 Å². The van der Waals surface area contributed by atoms with Crippen molar-refractivity contribution in [3.8, 4) is 5.75 Å². The Morgan fingerprint density at radius 3 is 2.71 bits per heavy atom. The van der Waals surface area contributed by atoms with E-state index in [1.165, 1.54) is 19.2 Å². The Bertz CT molecular complexity index is 690. The summed E-state index contributed by atoms with van der Waals surface area (Å²) in [5.74, 6) is 0.235. The van der Waals surface area contributed by atoms with Crippen molar-refractivity contribution in [2.45, 2.75) is 24.7 Å². The highest BCUT2D eigenvalue weighted by molar-refractivity contribution is 7.89. The van der Waals surface area contributed by atoms with Crippen molar-refractivity contribution in [2.24, 2.45) is 5.41 Å². The van der Waals surface area contributed by atoms with Gasteiger partial charge in [0.1, 0.15) is 5.75 Å². The Morgan fingerprint density at radius 2 is 2.17 bits per heavy atom. The van der Waals surface area contributed by atoms with Crippen LogP contribution in [0.2, 0.25) is 0 Å². The van der Waals surface area contributed by atoms with E-state index in [9.17, 15) is 18.5 Å². The van der Waals surface area contributed by atoms with Crippen LogP contribution in [0.1, 0.15) is 19.8 Å². The Morgan fingerprint density at radius 1 is 1.46 bits per heavy atom. The summed E-state index contributed by atoms with van der Waals surface area (Å²) in [6.45, 7) is 3.85. The molecule has 0 spiro atoms.